The van der Waals surface area contributed by atoms with Gasteiger partial charge in [-0.1, -0.05) is 6.07 Å². The van der Waals surface area contributed by atoms with Gasteiger partial charge in [0.2, 0.25) is 0 Å². The van der Waals surface area contributed by atoms with Gasteiger partial charge < -0.3 is 9.84 Å². The Bertz CT molecular complexity index is 1210. The van der Waals surface area contributed by atoms with Gasteiger partial charge in [0.1, 0.15) is 17.3 Å². The first kappa shape index (κ1) is 24.2. The van der Waals surface area contributed by atoms with E-state index in [0.29, 0.717) is 49.1 Å². The van der Waals surface area contributed by atoms with Crippen molar-refractivity contribution in [2.75, 3.05) is 40.3 Å². The summed E-state index contributed by atoms with van der Waals surface area (Å²) in [5.74, 6) is 0.823. The summed E-state index contributed by atoms with van der Waals surface area (Å²) in [6.45, 7) is 1.39. The number of halogens is 1. The molecule has 8 nitrogen and oxygen atoms in total. The summed E-state index contributed by atoms with van der Waals surface area (Å²) in [7, 11) is -0.451. The zero-order valence-electron chi connectivity index (χ0n) is 19.0. The van der Waals surface area contributed by atoms with Gasteiger partial charge in [-0.2, -0.15) is 17.0 Å². The molecule has 0 saturated carbocycles. The van der Waals surface area contributed by atoms with E-state index in [4.69, 9.17) is 4.74 Å². The van der Waals surface area contributed by atoms with Crippen LogP contribution in [0.25, 0.3) is 11.3 Å². The number of aromatic nitrogens is 1. The van der Waals surface area contributed by atoms with Crippen LogP contribution in [0.15, 0.2) is 66.7 Å². The molecule has 1 saturated heterocycles. The number of hydrogen-bond donors (Lipinski definition) is 1. The molecule has 180 valence electrons. The van der Waals surface area contributed by atoms with E-state index in [9.17, 15) is 17.9 Å². The first-order valence-corrected chi connectivity index (χ1v) is 12.2. The van der Waals surface area contributed by atoms with Crippen molar-refractivity contribution in [3.63, 3.8) is 0 Å². The van der Waals surface area contributed by atoms with E-state index in [0.717, 1.165) is 5.56 Å². The maximum atomic E-state index is 13.1. The topological polar surface area (TPSA) is 86.2 Å². The largest absolute Gasteiger partial charge is 0.457 e. The van der Waals surface area contributed by atoms with Crippen molar-refractivity contribution >= 4 is 10.2 Å². The second-order valence-electron chi connectivity index (χ2n) is 8.13. The van der Waals surface area contributed by atoms with Gasteiger partial charge >= 0.3 is 0 Å². The van der Waals surface area contributed by atoms with Crippen molar-refractivity contribution in [2.45, 2.75) is 6.23 Å². The van der Waals surface area contributed by atoms with Gasteiger partial charge in [-0.05, 0) is 60.7 Å². The van der Waals surface area contributed by atoms with Crippen LogP contribution in [-0.2, 0) is 10.2 Å². The summed E-state index contributed by atoms with van der Waals surface area (Å²) in [5.41, 5.74) is 2.04. The molecule has 1 N–H and O–H groups in total. The third-order valence-electron chi connectivity index (χ3n) is 5.64. The highest BCUT2D eigenvalue weighted by molar-refractivity contribution is 7.86. The summed E-state index contributed by atoms with van der Waals surface area (Å²) >= 11 is 0. The molecule has 1 atom stereocenters. The Labute approximate surface area is 199 Å². The Kier molecular flexibility index (Phi) is 7.24. The van der Waals surface area contributed by atoms with Crippen LogP contribution in [-0.4, -0.2) is 72.3 Å². The second kappa shape index (κ2) is 10.2. The van der Waals surface area contributed by atoms with Crippen LogP contribution in [0.3, 0.4) is 0 Å². The van der Waals surface area contributed by atoms with Gasteiger partial charge in [0, 0.05) is 45.8 Å². The van der Waals surface area contributed by atoms with Crippen LogP contribution in [0.1, 0.15) is 11.9 Å². The molecule has 0 spiro atoms. The average molecular weight is 487 g/mol. The molecule has 2 heterocycles. The number of aliphatic hydroxyl groups is 1. The van der Waals surface area contributed by atoms with E-state index >= 15 is 0 Å². The molecule has 10 heteroatoms. The fraction of sp³-hybridized carbons (Fsp3) is 0.292. The van der Waals surface area contributed by atoms with Crippen molar-refractivity contribution in [3.8, 4) is 22.8 Å². The van der Waals surface area contributed by atoms with Gasteiger partial charge in [-0.3, -0.25) is 4.90 Å². The number of pyridine rings is 1. The molecule has 4 rings (SSSR count). The molecule has 2 aromatic carbocycles. The summed E-state index contributed by atoms with van der Waals surface area (Å²) in [6, 6.07) is 18.6. The number of ether oxygens (including phenoxy) is 1. The first-order valence-electron chi connectivity index (χ1n) is 10.8. The highest BCUT2D eigenvalue weighted by Crippen LogP contribution is 2.27. The second-order valence-corrected chi connectivity index (χ2v) is 10.3. The van der Waals surface area contributed by atoms with Crippen LogP contribution in [0.2, 0.25) is 0 Å². The molecule has 0 aliphatic carbocycles. The van der Waals surface area contributed by atoms with E-state index in [2.05, 4.69) is 4.98 Å². The van der Waals surface area contributed by atoms with Gasteiger partial charge in [0.15, 0.2) is 6.23 Å². The van der Waals surface area contributed by atoms with Crippen LogP contribution < -0.4 is 4.74 Å². The number of aliphatic hydroxyl groups excluding tert-OH is 1. The lowest BCUT2D eigenvalue weighted by molar-refractivity contribution is -0.0192. The van der Waals surface area contributed by atoms with E-state index in [-0.39, 0.29) is 5.82 Å². The normalized spacial score (nSPS) is 16.5. The summed E-state index contributed by atoms with van der Waals surface area (Å²) < 4.78 is 46.0. The molecule has 0 bridgehead atoms. The number of hydrogen-bond acceptors (Lipinski definition) is 6. The minimum Gasteiger partial charge on any atom is -0.457 e. The Balaban J connectivity index is 1.42. The van der Waals surface area contributed by atoms with Crippen molar-refractivity contribution in [2.24, 2.45) is 0 Å². The standard InChI is InChI=1S/C24H27FN4O4S/c1-27(2)34(31,32)29-16-14-28(15-17-29)24(30)23-5-3-4-22(26-23)18-6-10-20(11-7-18)33-21-12-8-19(25)9-13-21/h3-13,24,30H,14-17H2,1-2H3. The van der Waals surface area contributed by atoms with E-state index in [1.165, 1.54) is 34.8 Å². The van der Waals surface area contributed by atoms with Crippen molar-refractivity contribution < 1.29 is 22.7 Å². The molecular formula is C24H27FN4O4S. The Morgan fingerprint density at radius 2 is 1.53 bits per heavy atom. The number of nitrogens with zero attached hydrogens (tertiary/aromatic N) is 4. The first-order chi connectivity index (χ1) is 16.2. The molecule has 1 unspecified atom stereocenters. The minimum atomic E-state index is -3.47. The lowest BCUT2D eigenvalue weighted by atomic mass is 10.1. The molecule has 1 aliphatic rings. The molecular weight excluding hydrogens is 459 g/mol. The Morgan fingerprint density at radius 1 is 0.941 bits per heavy atom. The van der Waals surface area contributed by atoms with E-state index in [1.807, 2.05) is 29.2 Å². The van der Waals surface area contributed by atoms with Gasteiger partial charge in [0.05, 0.1) is 11.4 Å². The molecule has 0 amide bonds. The molecule has 1 aromatic heterocycles. The monoisotopic (exact) mass is 486 g/mol. The minimum absolute atomic E-state index is 0.298. The fourth-order valence-corrected chi connectivity index (χ4v) is 4.77. The highest BCUT2D eigenvalue weighted by atomic mass is 32.2. The van der Waals surface area contributed by atoms with Gasteiger partial charge in [-0.25, -0.2) is 9.37 Å². The number of benzene rings is 2. The van der Waals surface area contributed by atoms with Crippen LogP contribution >= 0.6 is 0 Å². The van der Waals surface area contributed by atoms with Crippen LogP contribution in [0.5, 0.6) is 11.5 Å². The molecule has 1 fully saturated rings. The van der Waals surface area contributed by atoms with Crippen molar-refractivity contribution in [3.05, 3.63) is 78.2 Å². The number of piperazine rings is 1. The highest BCUT2D eigenvalue weighted by Gasteiger charge is 2.31. The third kappa shape index (κ3) is 5.43. The van der Waals surface area contributed by atoms with Crippen LogP contribution in [0.4, 0.5) is 4.39 Å². The maximum absolute atomic E-state index is 13.1. The quantitative estimate of drug-likeness (QED) is 0.552. The fourth-order valence-electron chi connectivity index (χ4n) is 3.69. The van der Waals surface area contributed by atoms with E-state index < -0.39 is 16.4 Å². The summed E-state index contributed by atoms with van der Waals surface area (Å²) in [4.78, 5) is 6.44. The smallest absolute Gasteiger partial charge is 0.281 e. The molecule has 34 heavy (non-hydrogen) atoms. The average Bonchev–Trinajstić information content (AvgIpc) is 2.85. The zero-order chi connectivity index (χ0) is 24.3. The molecule has 0 radical (unpaired) electrons. The number of rotatable bonds is 7. The summed E-state index contributed by atoms with van der Waals surface area (Å²) in [5, 5.41) is 10.9. The SMILES string of the molecule is CN(C)S(=O)(=O)N1CCN(C(O)c2cccc(-c3ccc(Oc4ccc(F)cc4)cc3)n2)CC1. The summed E-state index contributed by atoms with van der Waals surface area (Å²) in [6.07, 6.45) is -0.940. The molecule has 1 aliphatic heterocycles. The maximum Gasteiger partial charge on any atom is 0.281 e. The van der Waals surface area contributed by atoms with Gasteiger partial charge in [-0.15, -0.1) is 0 Å². The third-order valence-corrected chi connectivity index (χ3v) is 7.58. The zero-order valence-corrected chi connectivity index (χ0v) is 19.8. The van der Waals surface area contributed by atoms with Crippen molar-refractivity contribution in [1.29, 1.82) is 0 Å². The predicted octanol–water partition coefficient (Wildman–Crippen LogP) is 3.09. The van der Waals surface area contributed by atoms with Gasteiger partial charge in [0.25, 0.3) is 10.2 Å². The lowest BCUT2D eigenvalue weighted by Gasteiger charge is -2.37. The van der Waals surface area contributed by atoms with Crippen molar-refractivity contribution in [1.82, 2.24) is 18.5 Å². The van der Waals surface area contributed by atoms with E-state index in [1.54, 1.807) is 30.3 Å². The Hall–Kier alpha value is -2.89. The molecule has 3 aromatic rings. The van der Waals surface area contributed by atoms with Crippen LogP contribution in [0, 0.1) is 5.82 Å². The Morgan fingerprint density at radius 3 is 2.12 bits per heavy atom. The predicted molar refractivity (Wildman–Crippen MR) is 127 cm³/mol. The lowest BCUT2D eigenvalue weighted by Crippen LogP contribution is -2.52.